The number of rotatable bonds is 5. The van der Waals surface area contributed by atoms with Gasteiger partial charge in [-0.1, -0.05) is 109 Å². The maximum atomic E-state index is 5.25. The highest BCUT2D eigenvalue weighted by molar-refractivity contribution is 7.25. The second kappa shape index (κ2) is 10.3. The lowest BCUT2D eigenvalue weighted by Crippen LogP contribution is -2.11. The van der Waals surface area contributed by atoms with E-state index in [0.717, 1.165) is 22.7 Å². The fourth-order valence-electron chi connectivity index (χ4n) is 5.72. The molecule has 0 aliphatic rings. The Morgan fingerprint density at radius 3 is 1.79 bits per heavy atom. The number of benzene rings is 6. The molecular weight excluding hydrogens is 529 g/mol. The average Bonchev–Trinajstić information content (AvgIpc) is 3.44. The molecule has 8 aromatic rings. The van der Waals surface area contributed by atoms with Crippen LogP contribution in [0.5, 0.6) is 0 Å². The monoisotopic (exact) mass is 554 g/mol. The van der Waals surface area contributed by atoms with Crippen molar-refractivity contribution < 1.29 is 0 Å². The van der Waals surface area contributed by atoms with E-state index >= 15 is 0 Å². The first-order chi connectivity index (χ1) is 20.8. The van der Waals surface area contributed by atoms with Gasteiger partial charge in [-0.15, -0.1) is 11.3 Å². The quantitative estimate of drug-likeness (QED) is 0.210. The van der Waals surface area contributed by atoms with Crippen LogP contribution in [0, 0.1) is 0 Å². The Hall–Kier alpha value is -5.25. The van der Waals surface area contributed by atoms with Gasteiger partial charge < -0.3 is 0 Å². The van der Waals surface area contributed by atoms with E-state index in [2.05, 4.69) is 163 Å². The van der Waals surface area contributed by atoms with Crippen LogP contribution in [0.4, 0.5) is 17.2 Å². The molecule has 6 aromatic carbocycles. The molecule has 0 spiro atoms. The summed E-state index contributed by atoms with van der Waals surface area (Å²) in [6, 6.07) is 56.2. The second-order valence-electron chi connectivity index (χ2n) is 10.5. The van der Waals surface area contributed by atoms with Gasteiger partial charge >= 0.3 is 0 Å². The van der Waals surface area contributed by atoms with Crippen molar-refractivity contribution in [3.63, 3.8) is 0 Å². The molecule has 0 atom stereocenters. The second-order valence-corrected chi connectivity index (χ2v) is 11.6. The molecule has 2 aromatic heterocycles. The van der Waals surface area contributed by atoms with E-state index in [1.54, 1.807) is 11.3 Å². The van der Waals surface area contributed by atoms with E-state index in [4.69, 9.17) is 4.98 Å². The highest BCUT2D eigenvalue weighted by atomic mass is 32.1. The Bertz CT molecular complexity index is 2180. The molecule has 0 amide bonds. The van der Waals surface area contributed by atoms with Crippen molar-refractivity contribution in [1.82, 2.24) is 4.98 Å². The van der Waals surface area contributed by atoms with E-state index in [-0.39, 0.29) is 0 Å². The lowest BCUT2D eigenvalue weighted by atomic mass is 10.0. The third-order valence-electron chi connectivity index (χ3n) is 7.88. The summed E-state index contributed by atoms with van der Waals surface area (Å²) in [5.74, 6) is 0.900. The summed E-state index contributed by atoms with van der Waals surface area (Å²) in [5, 5.41) is 3.70. The molecule has 8 rings (SSSR count). The van der Waals surface area contributed by atoms with E-state index in [0.29, 0.717) is 0 Å². The van der Waals surface area contributed by atoms with E-state index < -0.39 is 0 Å². The molecule has 198 valence electrons. The van der Waals surface area contributed by atoms with Crippen LogP contribution in [0.1, 0.15) is 0 Å². The van der Waals surface area contributed by atoms with Gasteiger partial charge in [0.25, 0.3) is 0 Å². The summed E-state index contributed by atoms with van der Waals surface area (Å²) < 4.78 is 2.46. The topological polar surface area (TPSA) is 16.1 Å². The predicted molar refractivity (Wildman–Crippen MR) is 180 cm³/mol. The van der Waals surface area contributed by atoms with Gasteiger partial charge in [0.05, 0.1) is 10.2 Å². The molecule has 2 heterocycles. The number of hydrogen-bond acceptors (Lipinski definition) is 3. The number of fused-ring (bicyclic) bond motifs is 4. The van der Waals surface area contributed by atoms with Gasteiger partial charge in [-0.05, 0) is 81.6 Å². The van der Waals surface area contributed by atoms with Crippen LogP contribution in [-0.4, -0.2) is 4.98 Å². The molecule has 0 aliphatic heterocycles. The first-order valence-corrected chi connectivity index (χ1v) is 14.9. The summed E-state index contributed by atoms with van der Waals surface area (Å²) in [5.41, 5.74) is 7.99. The first kappa shape index (κ1) is 24.5. The van der Waals surface area contributed by atoms with Crippen molar-refractivity contribution in [2.45, 2.75) is 0 Å². The Balaban J connectivity index is 1.23. The van der Waals surface area contributed by atoms with Crippen molar-refractivity contribution in [3.05, 3.63) is 158 Å². The lowest BCUT2D eigenvalue weighted by Gasteiger charge is -2.25. The van der Waals surface area contributed by atoms with E-state index in [9.17, 15) is 0 Å². The highest BCUT2D eigenvalue weighted by Crippen LogP contribution is 2.39. The van der Waals surface area contributed by atoms with Crippen molar-refractivity contribution in [3.8, 4) is 22.3 Å². The van der Waals surface area contributed by atoms with Gasteiger partial charge in [-0.3, -0.25) is 4.90 Å². The van der Waals surface area contributed by atoms with Gasteiger partial charge in [-0.25, -0.2) is 4.98 Å². The standard InChI is InChI=1S/C39H26N2S/c1-2-8-27(9-3-1)29-16-20-33(21-17-29)41(38-25-24-37-39(40-38)35-12-6-7-13-36(35)42-37)34-22-18-30(19-23-34)32-15-14-28-10-4-5-11-31(28)26-32/h1-26H. The van der Waals surface area contributed by atoms with Gasteiger partial charge in [0.15, 0.2) is 0 Å². The zero-order valence-electron chi connectivity index (χ0n) is 22.8. The van der Waals surface area contributed by atoms with Gasteiger partial charge in [-0.2, -0.15) is 0 Å². The molecule has 3 heteroatoms. The van der Waals surface area contributed by atoms with Crippen LogP contribution in [-0.2, 0) is 0 Å². The third-order valence-corrected chi connectivity index (χ3v) is 9.00. The summed E-state index contributed by atoms with van der Waals surface area (Å²) in [6.07, 6.45) is 0. The fraction of sp³-hybridized carbons (Fsp3) is 0. The molecule has 0 saturated carbocycles. The Kier molecular flexibility index (Phi) is 6.02. The smallest absolute Gasteiger partial charge is 0.138 e. The highest BCUT2D eigenvalue weighted by Gasteiger charge is 2.17. The summed E-state index contributed by atoms with van der Waals surface area (Å²) >= 11 is 1.79. The molecular formula is C39H26N2S. The minimum absolute atomic E-state index is 0.900. The summed E-state index contributed by atoms with van der Waals surface area (Å²) in [6.45, 7) is 0. The number of anilines is 3. The molecule has 0 bridgehead atoms. The van der Waals surface area contributed by atoms with Gasteiger partial charge in [0.2, 0.25) is 0 Å². The van der Waals surface area contributed by atoms with Crippen LogP contribution in [0.2, 0.25) is 0 Å². The van der Waals surface area contributed by atoms with Crippen LogP contribution < -0.4 is 4.90 Å². The number of nitrogens with zero attached hydrogens (tertiary/aromatic N) is 2. The van der Waals surface area contributed by atoms with Crippen molar-refractivity contribution >= 4 is 59.6 Å². The third kappa shape index (κ3) is 4.41. The molecule has 0 saturated heterocycles. The Morgan fingerprint density at radius 1 is 0.429 bits per heavy atom. The summed E-state index contributed by atoms with van der Waals surface area (Å²) in [4.78, 5) is 7.50. The Morgan fingerprint density at radius 2 is 1.02 bits per heavy atom. The normalized spacial score (nSPS) is 11.3. The van der Waals surface area contributed by atoms with Crippen LogP contribution in [0.15, 0.2) is 158 Å². The molecule has 0 N–H and O–H groups in total. The largest absolute Gasteiger partial charge is 0.295 e. The van der Waals surface area contributed by atoms with Crippen LogP contribution in [0.25, 0.3) is 53.3 Å². The lowest BCUT2D eigenvalue weighted by molar-refractivity contribution is 1.21. The van der Waals surface area contributed by atoms with Gasteiger partial charge in [0, 0.05) is 21.5 Å². The predicted octanol–water partition coefficient (Wildman–Crippen LogP) is 11.4. The summed E-state index contributed by atoms with van der Waals surface area (Å²) in [7, 11) is 0. The van der Waals surface area contributed by atoms with Crippen molar-refractivity contribution in [1.29, 1.82) is 0 Å². The fourth-order valence-corrected chi connectivity index (χ4v) is 6.77. The minimum atomic E-state index is 0.900. The molecule has 0 unspecified atom stereocenters. The molecule has 0 fully saturated rings. The van der Waals surface area contributed by atoms with E-state index in [1.807, 2.05) is 0 Å². The maximum Gasteiger partial charge on any atom is 0.138 e. The van der Waals surface area contributed by atoms with Crippen LogP contribution in [0.3, 0.4) is 0 Å². The zero-order chi connectivity index (χ0) is 27.9. The molecule has 0 radical (unpaired) electrons. The molecule has 0 aliphatic carbocycles. The minimum Gasteiger partial charge on any atom is -0.295 e. The first-order valence-electron chi connectivity index (χ1n) is 14.1. The van der Waals surface area contributed by atoms with E-state index in [1.165, 1.54) is 47.8 Å². The number of thiophene rings is 1. The maximum absolute atomic E-state index is 5.25. The molecule has 2 nitrogen and oxygen atoms in total. The zero-order valence-corrected chi connectivity index (χ0v) is 23.6. The average molecular weight is 555 g/mol. The SMILES string of the molecule is c1ccc(-c2ccc(N(c3ccc(-c4ccc5ccccc5c4)cc3)c3ccc4sc5ccccc5c4n3)cc2)cc1. The van der Waals surface area contributed by atoms with Crippen molar-refractivity contribution in [2.75, 3.05) is 4.90 Å². The number of aromatic nitrogens is 1. The number of pyridine rings is 1. The number of hydrogen-bond donors (Lipinski definition) is 0. The van der Waals surface area contributed by atoms with Crippen molar-refractivity contribution in [2.24, 2.45) is 0 Å². The Labute approximate surface area is 248 Å². The van der Waals surface area contributed by atoms with Crippen LogP contribution >= 0.6 is 11.3 Å². The van der Waals surface area contributed by atoms with Gasteiger partial charge in [0.1, 0.15) is 5.82 Å². The molecule has 42 heavy (non-hydrogen) atoms.